The standard InChI is InChI=1S/C19H11FN4OS.C2HF3O2/c20-10-3-4-12-14(8-10)15-13(5-7-22-18(15)25)17-16(12)23-19(24-17)26-11-2-1-6-21-9-11;3-2(4,5)1(6)7/h1-9H,(H,22,25)(H,23,24);(H,6,7). The predicted octanol–water partition coefficient (Wildman–Crippen LogP) is 4.88. The lowest BCUT2D eigenvalue weighted by molar-refractivity contribution is -0.192. The first kappa shape index (κ1) is 22.3. The van der Waals surface area contributed by atoms with Crippen LogP contribution >= 0.6 is 11.8 Å². The maximum Gasteiger partial charge on any atom is 0.490 e. The van der Waals surface area contributed by atoms with Crippen LogP contribution in [0.25, 0.3) is 32.6 Å². The highest BCUT2D eigenvalue weighted by molar-refractivity contribution is 7.99. The molecule has 33 heavy (non-hydrogen) atoms. The quantitative estimate of drug-likeness (QED) is 0.247. The van der Waals surface area contributed by atoms with Crippen LogP contribution in [0.2, 0.25) is 0 Å². The van der Waals surface area contributed by atoms with E-state index in [1.54, 1.807) is 30.7 Å². The average molecular weight is 476 g/mol. The Hall–Kier alpha value is -3.93. The molecule has 0 aliphatic rings. The number of H-pyrrole nitrogens is 2. The summed E-state index contributed by atoms with van der Waals surface area (Å²) < 4.78 is 45.6. The molecule has 0 bridgehead atoms. The fourth-order valence-corrected chi connectivity index (χ4v) is 3.97. The number of imidazole rings is 1. The highest BCUT2D eigenvalue weighted by Gasteiger charge is 2.38. The monoisotopic (exact) mass is 476 g/mol. The summed E-state index contributed by atoms with van der Waals surface area (Å²) in [5, 5.41) is 10.3. The summed E-state index contributed by atoms with van der Waals surface area (Å²) in [5.74, 6) is -3.14. The van der Waals surface area contributed by atoms with Crippen molar-refractivity contribution in [2.75, 3.05) is 0 Å². The van der Waals surface area contributed by atoms with Crippen molar-refractivity contribution in [3.8, 4) is 0 Å². The third-order valence-corrected chi connectivity index (χ3v) is 5.37. The molecule has 0 unspecified atom stereocenters. The van der Waals surface area contributed by atoms with Crippen LogP contribution in [-0.2, 0) is 4.79 Å². The molecule has 7 nitrogen and oxygen atoms in total. The lowest BCUT2D eigenvalue weighted by atomic mass is 10.0. The molecule has 0 radical (unpaired) electrons. The number of aliphatic carboxylic acids is 1. The van der Waals surface area contributed by atoms with Crippen molar-refractivity contribution in [3.05, 3.63) is 71.2 Å². The van der Waals surface area contributed by atoms with Crippen LogP contribution in [0, 0.1) is 5.82 Å². The van der Waals surface area contributed by atoms with E-state index in [0.29, 0.717) is 26.8 Å². The van der Waals surface area contributed by atoms with Crippen molar-refractivity contribution in [3.63, 3.8) is 0 Å². The number of carbonyl (C=O) groups is 1. The van der Waals surface area contributed by atoms with Crippen molar-refractivity contribution in [2.24, 2.45) is 0 Å². The number of alkyl halides is 3. The van der Waals surface area contributed by atoms with E-state index in [0.717, 1.165) is 15.8 Å². The molecule has 0 spiro atoms. The summed E-state index contributed by atoms with van der Waals surface area (Å²) in [5.41, 5.74) is 1.22. The fourth-order valence-electron chi connectivity index (χ4n) is 3.19. The molecule has 168 valence electrons. The van der Waals surface area contributed by atoms with Crippen LogP contribution in [0.4, 0.5) is 17.6 Å². The zero-order chi connectivity index (χ0) is 23.8. The highest BCUT2D eigenvalue weighted by Crippen LogP contribution is 2.35. The zero-order valence-corrected chi connectivity index (χ0v) is 17.1. The summed E-state index contributed by atoms with van der Waals surface area (Å²) in [6, 6.07) is 10.0. The molecule has 3 N–H and O–H groups in total. The van der Waals surface area contributed by atoms with Gasteiger partial charge in [-0.25, -0.2) is 14.2 Å². The van der Waals surface area contributed by atoms with Gasteiger partial charge in [0.15, 0.2) is 5.16 Å². The SMILES string of the molecule is O=C(O)C(F)(F)F.O=c1[nH]ccc2c3[nH]c(Sc4cccnc4)nc3c3ccc(F)cc3c12. The molecule has 0 saturated heterocycles. The van der Waals surface area contributed by atoms with Crippen molar-refractivity contribution >= 4 is 50.3 Å². The van der Waals surface area contributed by atoms with Crippen molar-refractivity contribution in [1.29, 1.82) is 0 Å². The summed E-state index contributed by atoms with van der Waals surface area (Å²) in [4.78, 5) is 37.0. The van der Waals surface area contributed by atoms with Gasteiger partial charge in [0, 0.05) is 39.6 Å². The van der Waals surface area contributed by atoms with Gasteiger partial charge in [-0.15, -0.1) is 0 Å². The van der Waals surface area contributed by atoms with Crippen molar-refractivity contribution in [1.82, 2.24) is 19.9 Å². The Morgan fingerprint density at radius 3 is 2.52 bits per heavy atom. The Morgan fingerprint density at radius 2 is 1.85 bits per heavy atom. The lowest BCUT2D eigenvalue weighted by Crippen LogP contribution is -2.21. The number of nitrogens with zero attached hydrogens (tertiary/aromatic N) is 2. The van der Waals surface area contributed by atoms with E-state index in [1.807, 2.05) is 12.1 Å². The number of rotatable bonds is 2. The largest absolute Gasteiger partial charge is 0.490 e. The minimum Gasteiger partial charge on any atom is -0.475 e. The van der Waals surface area contributed by atoms with Gasteiger partial charge in [-0.1, -0.05) is 11.8 Å². The van der Waals surface area contributed by atoms with Crippen molar-refractivity contribution < 1.29 is 27.5 Å². The second-order valence-corrected chi connectivity index (χ2v) is 7.71. The van der Waals surface area contributed by atoms with Gasteiger partial charge in [-0.2, -0.15) is 13.2 Å². The molecule has 0 amide bonds. The first-order chi connectivity index (χ1) is 15.6. The molecule has 0 aliphatic heterocycles. The molecular weight excluding hydrogens is 464 g/mol. The summed E-state index contributed by atoms with van der Waals surface area (Å²) in [6.07, 6.45) is -0.0251. The molecule has 0 fully saturated rings. The van der Waals surface area contributed by atoms with Crippen LogP contribution in [0.15, 0.2) is 69.8 Å². The molecule has 5 rings (SSSR count). The molecule has 0 saturated carbocycles. The van der Waals surface area contributed by atoms with Crippen LogP contribution in [-0.4, -0.2) is 37.2 Å². The van der Waals surface area contributed by atoms with E-state index < -0.39 is 12.1 Å². The van der Waals surface area contributed by atoms with Gasteiger partial charge in [0.2, 0.25) is 0 Å². The number of hydrogen-bond acceptors (Lipinski definition) is 5. The number of aromatic amines is 2. The maximum absolute atomic E-state index is 13.8. The van der Waals surface area contributed by atoms with E-state index in [2.05, 4.69) is 15.0 Å². The van der Waals surface area contributed by atoms with Crippen LogP contribution in [0.3, 0.4) is 0 Å². The van der Waals surface area contributed by atoms with Gasteiger partial charge >= 0.3 is 12.1 Å². The topological polar surface area (TPSA) is 112 Å². The van der Waals surface area contributed by atoms with Gasteiger partial charge < -0.3 is 15.1 Å². The van der Waals surface area contributed by atoms with Crippen LogP contribution in [0.5, 0.6) is 0 Å². The summed E-state index contributed by atoms with van der Waals surface area (Å²) >= 11 is 1.45. The third kappa shape index (κ3) is 4.51. The van der Waals surface area contributed by atoms with Crippen molar-refractivity contribution in [2.45, 2.75) is 16.2 Å². The fraction of sp³-hybridized carbons (Fsp3) is 0.0476. The molecule has 0 aliphatic carbocycles. The molecular formula is C21H12F4N4O3S. The second kappa shape index (κ2) is 8.54. The average Bonchev–Trinajstić information content (AvgIpc) is 3.18. The lowest BCUT2D eigenvalue weighted by Gasteiger charge is -2.05. The number of benzene rings is 2. The van der Waals surface area contributed by atoms with Gasteiger partial charge in [-0.3, -0.25) is 9.78 Å². The summed E-state index contributed by atoms with van der Waals surface area (Å²) in [6.45, 7) is 0. The van der Waals surface area contributed by atoms with E-state index in [1.165, 1.54) is 23.9 Å². The van der Waals surface area contributed by atoms with Crippen LogP contribution in [0.1, 0.15) is 0 Å². The number of carboxylic acids is 1. The van der Waals surface area contributed by atoms with E-state index in [9.17, 15) is 22.4 Å². The van der Waals surface area contributed by atoms with E-state index in [4.69, 9.17) is 14.9 Å². The Labute approximate surface area is 185 Å². The first-order valence-corrected chi connectivity index (χ1v) is 9.97. The van der Waals surface area contributed by atoms with E-state index >= 15 is 0 Å². The third-order valence-electron chi connectivity index (χ3n) is 4.51. The molecule has 5 aromatic rings. The Kier molecular flexibility index (Phi) is 5.77. The van der Waals surface area contributed by atoms with Gasteiger partial charge in [0.25, 0.3) is 5.56 Å². The van der Waals surface area contributed by atoms with Crippen LogP contribution < -0.4 is 5.56 Å². The van der Waals surface area contributed by atoms with Gasteiger partial charge in [0.05, 0.1) is 16.4 Å². The second-order valence-electron chi connectivity index (χ2n) is 6.64. The minimum atomic E-state index is -5.08. The molecule has 0 atom stereocenters. The number of carboxylic acid groups (broad SMARTS) is 1. The molecule has 2 aromatic carbocycles. The summed E-state index contributed by atoms with van der Waals surface area (Å²) in [7, 11) is 0. The highest BCUT2D eigenvalue weighted by atomic mass is 32.2. The van der Waals surface area contributed by atoms with Gasteiger partial charge in [-0.05, 0) is 36.4 Å². The predicted molar refractivity (Wildman–Crippen MR) is 114 cm³/mol. The normalized spacial score (nSPS) is 11.5. The number of fused-ring (bicyclic) bond motifs is 6. The number of pyridine rings is 2. The number of halogens is 4. The first-order valence-electron chi connectivity index (χ1n) is 9.15. The Balaban J connectivity index is 0.000000325. The molecule has 12 heteroatoms. The number of aromatic nitrogens is 4. The number of hydrogen-bond donors (Lipinski definition) is 3. The number of nitrogens with one attached hydrogen (secondary N) is 2. The van der Waals surface area contributed by atoms with Gasteiger partial charge in [0.1, 0.15) is 5.82 Å². The smallest absolute Gasteiger partial charge is 0.475 e. The minimum absolute atomic E-state index is 0.254. The Bertz CT molecular complexity index is 1550. The zero-order valence-electron chi connectivity index (χ0n) is 16.3. The maximum atomic E-state index is 13.8. The Morgan fingerprint density at radius 1 is 1.09 bits per heavy atom. The molecule has 3 aromatic heterocycles. The van der Waals surface area contributed by atoms with E-state index in [-0.39, 0.29) is 11.4 Å². The molecule has 3 heterocycles.